The molecule has 0 spiro atoms. The monoisotopic (exact) mass is 359 g/mol. The van der Waals surface area contributed by atoms with Crippen LogP contribution in [0.15, 0.2) is 22.0 Å². The van der Waals surface area contributed by atoms with E-state index in [0.717, 1.165) is 17.2 Å². The summed E-state index contributed by atoms with van der Waals surface area (Å²) in [6.07, 6.45) is 4.50. The summed E-state index contributed by atoms with van der Waals surface area (Å²) in [4.78, 5) is 17.8. The molecule has 2 aromatic rings. The first kappa shape index (κ1) is 16.8. The SMILES string of the molecule is CC1(C)[C@H]2CC[C@@]1(C)[C@H](NC(=O)CCc1nc(-c3cccs3)no1)C2. The Kier molecular flexibility index (Phi) is 3.98. The molecule has 3 atom stereocenters. The van der Waals surface area contributed by atoms with Gasteiger partial charge in [0, 0.05) is 18.9 Å². The van der Waals surface area contributed by atoms with Crippen LogP contribution in [-0.2, 0) is 11.2 Å². The maximum Gasteiger partial charge on any atom is 0.227 e. The third kappa shape index (κ3) is 2.71. The Morgan fingerprint density at radius 3 is 2.92 bits per heavy atom. The molecule has 0 aliphatic heterocycles. The Labute approximate surface area is 152 Å². The fourth-order valence-electron chi connectivity index (χ4n) is 4.77. The second-order valence-electron chi connectivity index (χ2n) is 8.22. The average molecular weight is 359 g/mol. The summed E-state index contributed by atoms with van der Waals surface area (Å²) in [7, 11) is 0. The molecule has 1 N–H and O–H groups in total. The number of aromatic nitrogens is 2. The van der Waals surface area contributed by atoms with Crippen LogP contribution >= 0.6 is 11.3 Å². The van der Waals surface area contributed by atoms with E-state index in [9.17, 15) is 4.79 Å². The number of carbonyl (C=O) groups excluding carboxylic acids is 1. The predicted octanol–water partition coefficient (Wildman–Crippen LogP) is 4.06. The van der Waals surface area contributed by atoms with Crippen molar-refractivity contribution in [3.8, 4) is 10.7 Å². The van der Waals surface area contributed by atoms with Crippen molar-refractivity contribution in [2.45, 2.75) is 58.9 Å². The second kappa shape index (κ2) is 5.94. The maximum absolute atomic E-state index is 12.4. The molecule has 134 valence electrons. The summed E-state index contributed by atoms with van der Waals surface area (Å²) >= 11 is 1.58. The lowest BCUT2D eigenvalue weighted by molar-refractivity contribution is -0.122. The molecule has 2 heterocycles. The van der Waals surface area contributed by atoms with Gasteiger partial charge in [-0.15, -0.1) is 11.3 Å². The van der Waals surface area contributed by atoms with Crippen LogP contribution in [0.1, 0.15) is 52.3 Å². The fourth-order valence-corrected chi connectivity index (χ4v) is 5.42. The molecule has 6 heteroatoms. The zero-order valence-electron chi connectivity index (χ0n) is 15.0. The summed E-state index contributed by atoms with van der Waals surface area (Å²) in [6.45, 7) is 7.07. The Morgan fingerprint density at radius 1 is 1.44 bits per heavy atom. The average Bonchev–Trinajstić information content (AvgIpc) is 3.31. The summed E-state index contributed by atoms with van der Waals surface area (Å²) in [6, 6.07) is 4.21. The third-order valence-corrected chi connectivity index (χ3v) is 7.77. The van der Waals surface area contributed by atoms with Crippen molar-refractivity contribution < 1.29 is 9.32 Å². The minimum Gasteiger partial charge on any atom is -0.353 e. The minimum atomic E-state index is 0.0884. The van der Waals surface area contributed by atoms with E-state index in [1.165, 1.54) is 12.8 Å². The summed E-state index contributed by atoms with van der Waals surface area (Å²) < 4.78 is 5.28. The van der Waals surface area contributed by atoms with Crippen LogP contribution < -0.4 is 5.32 Å². The Bertz CT molecular complexity index is 767. The van der Waals surface area contributed by atoms with Gasteiger partial charge in [0.1, 0.15) is 0 Å². The molecule has 0 aromatic carbocycles. The van der Waals surface area contributed by atoms with Gasteiger partial charge >= 0.3 is 0 Å². The van der Waals surface area contributed by atoms with Crippen LogP contribution in [0, 0.1) is 16.7 Å². The van der Waals surface area contributed by atoms with E-state index in [1.54, 1.807) is 11.3 Å². The fraction of sp³-hybridized carbons (Fsp3) is 0.632. The van der Waals surface area contributed by atoms with Gasteiger partial charge in [-0.1, -0.05) is 32.0 Å². The van der Waals surface area contributed by atoms with Gasteiger partial charge in [0.25, 0.3) is 0 Å². The molecule has 2 aliphatic carbocycles. The van der Waals surface area contributed by atoms with E-state index in [1.807, 2.05) is 17.5 Å². The van der Waals surface area contributed by atoms with Gasteiger partial charge in [-0.25, -0.2) is 0 Å². The topological polar surface area (TPSA) is 68.0 Å². The highest BCUT2D eigenvalue weighted by Gasteiger charge is 2.61. The lowest BCUT2D eigenvalue weighted by atomic mass is 9.69. The number of nitrogens with one attached hydrogen (secondary N) is 1. The summed E-state index contributed by atoms with van der Waals surface area (Å²) in [5, 5.41) is 9.26. The van der Waals surface area contributed by atoms with Crippen LogP contribution in [-0.4, -0.2) is 22.1 Å². The zero-order chi connectivity index (χ0) is 17.7. The number of aryl methyl sites for hydroxylation is 1. The number of amides is 1. The number of hydrogen-bond donors (Lipinski definition) is 1. The van der Waals surface area contributed by atoms with Crippen molar-refractivity contribution >= 4 is 17.2 Å². The van der Waals surface area contributed by atoms with Crippen molar-refractivity contribution in [1.82, 2.24) is 15.5 Å². The van der Waals surface area contributed by atoms with Gasteiger partial charge in [-0.3, -0.25) is 4.79 Å². The van der Waals surface area contributed by atoms with Crippen molar-refractivity contribution in [1.29, 1.82) is 0 Å². The minimum absolute atomic E-state index is 0.0884. The van der Waals surface area contributed by atoms with Gasteiger partial charge in [0.05, 0.1) is 4.88 Å². The molecule has 2 aromatic heterocycles. The quantitative estimate of drug-likeness (QED) is 0.874. The third-order valence-electron chi connectivity index (χ3n) is 6.90. The molecule has 2 fully saturated rings. The lowest BCUT2D eigenvalue weighted by Crippen LogP contribution is -2.46. The first-order chi connectivity index (χ1) is 11.9. The molecule has 25 heavy (non-hydrogen) atoms. The van der Waals surface area contributed by atoms with Crippen LogP contribution in [0.4, 0.5) is 0 Å². The van der Waals surface area contributed by atoms with Crippen molar-refractivity contribution in [3.63, 3.8) is 0 Å². The number of hydrogen-bond acceptors (Lipinski definition) is 5. The Morgan fingerprint density at radius 2 is 2.28 bits per heavy atom. The van der Waals surface area contributed by atoms with E-state index in [-0.39, 0.29) is 17.4 Å². The number of fused-ring (bicyclic) bond motifs is 2. The van der Waals surface area contributed by atoms with E-state index in [0.29, 0.717) is 30.0 Å². The summed E-state index contributed by atoms with van der Waals surface area (Å²) in [5.74, 6) is 1.95. The number of carbonyl (C=O) groups is 1. The van der Waals surface area contributed by atoms with E-state index >= 15 is 0 Å². The van der Waals surface area contributed by atoms with Gasteiger partial charge in [-0.05, 0) is 47.5 Å². The molecular formula is C19H25N3O2S. The second-order valence-corrected chi connectivity index (χ2v) is 9.17. The highest BCUT2D eigenvalue weighted by Crippen LogP contribution is 2.65. The lowest BCUT2D eigenvalue weighted by Gasteiger charge is -2.39. The number of nitrogens with zero attached hydrogens (tertiary/aromatic N) is 2. The van der Waals surface area contributed by atoms with Crippen molar-refractivity contribution in [3.05, 3.63) is 23.4 Å². The molecule has 2 saturated carbocycles. The highest BCUT2D eigenvalue weighted by molar-refractivity contribution is 7.13. The Balaban J connectivity index is 1.33. The normalized spacial score (nSPS) is 29.9. The van der Waals surface area contributed by atoms with Gasteiger partial charge in [-0.2, -0.15) is 4.98 Å². The highest BCUT2D eigenvalue weighted by atomic mass is 32.1. The first-order valence-electron chi connectivity index (χ1n) is 9.06. The standard InChI is InChI=1S/C19H25N3O2S/c1-18(2)12-8-9-19(18,3)14(11-12)20-15(23)6-7-16-21-17(22-24-16)13-5-4-10-25-13/h4-5,10,12,14H,6-9,11H2,1-3H3,(H,20,23)/t12-,14+,19-/m0/s1. The van der Waals surface area contributed by atoms with Crippen molar-refractivity contribution in [2.75, 3.05) is 0 Å². The largest absolute Gasteiger partial charge is 0.353 e. The molecule has 0 saturated heterocycles. The van der Waals surface area contributed by atoms with Gasteiger partial charge in [0.15, 0.2) is 0 Å². The molecule has 2 aliphatic rings. The van der Waals surface area contributed by atoms with E-state index in [4.69, 9.17) is 4.52 Å². The molecule has 0 radical (unpaired) electrons. The first-order valence-corrected chi connectivity index (χ1v) is 9.94. The molecular weight excluding hydrogens is 334 g/mol. The molecule has 4 rings (SSSR count). The van der Waals surface area contributed by atoms with Crippen LogP contribution in [0.25, 0.3) is 10.7 Å². The van der Waals surface area contributed by atoms with Crippen LogP contribution in [0.3, 0.4) is 0 Å². The predicted molar refractivity (Wildman–Crippen MR) is 97.1 cm³/mol. The van der Waals surface area contributed by atoms with Gasteiger partial charge < -0.3 is 9.84 Å². The Hall–Kier alpha value is -1.69. The zero-order valence-corrected chi connectivity index (χ0v) is 15.9. The molecule has 5 nitrogen and oxygen atoms in total. The molecule has 1 amide bonds. The number of thiophene rings is 1. The number of rotatable bonds is 5. The van der Waals surface area contributed by atoms with Crippen LogP contribution in [0.5, 0.6) is 0 Å². The van der Waals surface area contributed by atoms with Crippen LogP contribution in [0.2, 0.25) is 0 Å². The van der Waals surface area contributed by atoms with Gasteiger partial charge in [0.2, 0.25) is 17.6 Å². The molecule has 2 bridgehead atoms. The van der Waals surface area contributed by atoms with E-state index in [2.05, 4.69) is 36.2 Å². The molecule has 0 unspecified atom stereocenters. The maximum atomic E-state index is 12.4. The summed E-state index contributed by atoms with van der Waals surface area (Å²) in [5.41, 5.74) is 0.525. The smallest absolute Gasteiger partial charge is 0.227 e. The van der Waals surface area contributed by atoms with Crippen molar-refractivity contribution in [2.24, 2.45) is 16.7 Å². The van der Waals surface area contributed by atoms with E-state index < -0.39 is 0 Å².